The number of likely N-dealkylation sites (N-methyl/N-ethyl adjacent to an activating group) is 1. The number of ether oxygens (including phenoxy) is 1. The Morgan fingerprint density at radius 2 is 1.64 bits per heavy atom. The molecule has 1 aromatic carbocycles. The maximum atomic E-state index is 12.4. The third-order valence-corrected chi connectivity index (χ3v) is 5.95. The molecule has 0 bridgehead atoms. The lowest BCUT2D eigenvalue weighted by molar-refractivity contribution is -0.130. The molecule has 0 aliphatic carbocycles. The van der Waals surface area contributed by atoms with Crippen molar-refractivity contribution in [1.29, 1.82) is 0 Å². The molecule has 0 aliphatic heterocycles. The lowest BCUT2D eigenvalue weighted by atomic mass is 10.2. The van der Waals surface area contributed by atoms with Crippen LogP contribution in [-0.2, 0) is 24.3 Å². The normalized spacial score (nSPS) is 12.3. The van der Waals surface area contributed by atoms with Gasteiger partial charge in [0, 0.05) is 19.6 Å². The standard InChI is InChI=1S/C18H27N3O6S/c1-5-19-17(23)13(4)20-16(22)12-27-18(24)14-8-10-15(11-9-14)28(25,26)21(6-2)7-3/h8-11,13H,5-7,12H2,1-4H3,(H,19,23)(H,20,22)/t13-/m1/s1. The third-order valence-electron chi connectivity index (χ3n) is 3.89. The molecule has 1 rings (SSSR count). The topological polar surface area (TPSA) is 122 Å². The van der Waals surface area contributed by atoms with E-state index in [4.69, 9.17) is 4.74 Å². The van der Waals surface area contributed by atoms with E-state index in [1.54, 1.807) is 20.8 Å². The first-order valence-electron chi connectivity index (χ1n) is 9.01. The van der Waals surface area contributed by atoms with Crippen molar-refractivity contribution in [3.63, 3.8) is 0 Å². The van der Waals surface area contributed by atoms with Crippen molar-refractivity contribution < 1.29 is 27.5 Å². The first kappa shape index (κ1) is 23.6. The Kier molecular flexibility index (Phi) is 9.07. The highest BCUT2D eigenvalue weighted by molar-refractivity contribution is 7.89. The van der Waals surface area contributed by atoms with Crippen molar-refractivity contribution in [2.24, 2.45) is 0 Å². The Labute approximate surface area is 165 Å². The van der Waals surface area contributed by atoms with Crippen molar-refractivity contribution in [2.45, 2.75) is 38.6 Å². The van der Waals surface area contributed by atoms with Crippen molar-refractivity contribution in [3.05, 3.63) is 29.8 Å². The zero-order valence-electron chi connectivity index (χ0n) is 16.5. The molecule has 0 fully saturated rings. The molecule has 9 nitrogen and oxygen atoms in total. The smallest absolute Gasteiger partial charge is 0.338 e. The molecule has 1 atom stereocenters. The molecule has 2 N–H and O–H groups in total. The monoisotopic (exact) mass is 413 g/mol. The molecule has 156 valence electrons. The number of carbonyl (C=O) groups excluding carboxylic acids is 3. The van der Waals surface area contributed by atoms with E-state index < -0.39 is 34.5 Å². The van der Waals surface area contributed by atoms with Gasteiger partial charge in [-0.2, -0.15) is 4.31 Å². The summed E-state index contributed by atoms with van der Waals surface area (Å²) in [4.78, 5) is 35.4. The molecule has 0 heterocycles. The zero-order valence-corrected chi connectivity index (χ0v) is 17.3. The number of hydrogen-bond acceptors (Lipinski definition) is 6. The van der Waals surface area contributed by atoms with Crippen molar-refractivity contribution in [1.82, 2.24) is 14.9 Å². The fraction of sp³-hybridized carbons (Fsp3) is 0.500. The zero-order chi connectivity index (χ0) is 21.3. The molecule has 0 aromatic heterocycles. The van der Waals surface area contributed by atoms with Crippen LogP contribution in [0.4, 0.5) is 0 Å². The van der Waals surface area contributed by atoms with Crippen molar-refractivity contribution in [3.8, 4) is 0 Å². The van der Waals surface area contributed by atoms with Crippen LogP contribution in [0.2, 0.25) is 0 Å². The molecule has 1 aromatic rings. The molecule has 0 saturated carbocycles. The summed E-state index contributed by atoms with van der Waals surface area (Å²) in [5.74, 6) is -1.73. The van der Waals surface area contributed by atoms with Gasteiger partial charge in [0.2, 0.25) is 15.9 Å². The average molecular weight is 413 g/mol. The Morgan fingerprint density at radius 3 is 2.14 bits per heavy atom. The Balaban J connectivity index is 2.67. The van der Waals surface area contributed by atoms with Crippen LogP contribution in [0.3, 0.4) is 0 Å². The van der Waals surface area contributed by atoms with Crippen molar-refractivity contribution >= 4 is 27.8 Å². The number of benzene rings is 1. The molecular weight excluding hydrogens is 386 g/mol. The first-order chi connectivity index (χ1) is 13.2. The average Bonchev–Trinajstić information content (AvgIpc) is 2.67. The van der Waals surface area contributed by atoms with E-state index in [2.05, 4.69) is 10.6 Å². The second kappa shape index (κ2) is 10.8. The van der Waals surface area contributed by atoms with E-state index in [0.29, 0.717) is 19.6 Å². The van der Waals surface area contributed by atoms with Crippen LogP contribution in [0.1, 0.15) is 38.1 Å². The highest BCUT2D eigenvalue weighted by atomic mass is 32.2. The molecule has 10 heteroatoms. The van der Waals surface area contributed by atoms with E-state index in [1.165, 1.54) is 35.5 Å². The van der Waals surface area contributed by atoms with Crippen LogP contribution in [0, 0.1) is 0 Å². The summed E-state index contributed by atoms with van der Waals surface area (Å²) in [7, 11) is -3.62. The van der Waals surface area contributed by atoms with Gasteiger partial charge in [-0.15, -0.1) is 0 Å². The molecule has 2 amide bonds. The summed E-state index contributed by atoms with van der Waals surface area (Å²) in [6.07, 6.45) is 0. The van der Waals surface area contributed by atoms with Gasteiger partial charge in [-0.25, -0.2) is 13.2 Å². The maximum Gasteiger partial charge on any atom is 0.338 e. The number of hydrogen-bond donors (Lipinski definition) is 2. The third kappa shape index (κ3) is 6.31. The minimum Gasteiger partial charge on any atom is -0.452 e. The molecule has 28 heavy (non-hydrogen) atoms. The fourth-order valence-corrected chi connectivity index (χ4v) is 3.82. The van der Waals surface area contributed by atoms with Gasteiger partial charge in [0.1, 0.15) is 6.04 Å². The van der Waals surface area contributed by atoms with E-state index in [1.807, 2.05) is 0 Å². The molecular formula is C18H27N3O6S. The predicted molar refractivity (Wildman–Crippen MR) is 103 cm³/mol. The molecule has 0 saturated heterocycles. The summed E-state index contributed by atoms with van der Waals surface area (Å²) in [6.45, 7) is 7.32. The minimum absolute atomic E-state index is 0.0706. The van der Waals surface area contributed by atoms with Crippen LogP contribution >= 0.6 is 0 Å². The molecule has 0 radical (unpaired) electrons. The number of esters is 1. The maximum absolute atomic E-state index is 12.4. The Morgan fingerprint density at radius 1 is 1.07 bits per heavy atom. The minimum atomic E-state index is -3.62. The lowest BCUT2D eigenvalue weighted by Gasteiger charge is -2.18. The number of nitrogens with zero attached hydrogens (tertiary/aromatic N) is 1. The van der Waals surface area contributed by atoms with E-state index in [0.717, 1.165) is 0 Å². The summed E-state index contributed by atoms with van der Waals surface area (Å²) in [5.41, 5.74) is 0.114. The van der Waals surface area contributed by atoms with Gasteiger partial charge in [-0.05, 0) is 38.1 Å². The molecule has 0 aliphatic rings. The predicted octanol–water partition coefficient (Wildman–Crippen LogP) is 0.515. The van der Waals surface area contributed by atoms with Crippen LogP contribution in [0.25, 0.3) is 0 Å². The van der Waals surface area contributed by atoms with Crippen LogP contribution in [0.5, 0.6) is 0 Å². The van der Waals surface area contributed by atoms with Gasteiger partial charge >= 0.3 is 5.97 Å². The summed E-state index contributed by atoms with van der Waals surface area (Å²) in [6, 6.07) is 4.54. The van der Waals surface area contributed by atoms with Gasteiger partial charge < -0.3 is 15.4 Å². The van der Waals surface area contributed by atoms with Gasteiger partial charge in [0.15, 0.2) is 6.61 Å². The molecule has 0 spiro atoms. The van der Waals surface area contributed by atoms with Crippen molar-refractivity contribution in [2.75, 3.05) is 26.2 Å². The largest absolute Gasteiger partial charge is 0.452 e. The van der Waals surface area contributed by atoms with E-state index in [9.17, 15) is 22.8 Å². The number of nitrogens with one attached hydrogen (secondary N) is 2. The van der Waals surface area contributed by atoms with Gasteiger partial charge in [-0.3, -0.25) is 9.59 Å². The van der Waals surface area contributed by atoms with Crippen LogP contribution in [-0.4, -0.2) is 62.8 Å². The highest BCUT2D eigenvalue weighted by Gasteiger charge is 2.22. The summed E-state index contributed by atoms with van der Waals surface area (Å²) >= 11 is 0. The van der Waals surface area contributed by atoms with Gasteiger partial charge in [0.05, 0.1) is 10.5 Å². The Bertz CT molecular complexity index is 788. The van der Waals surface area contributed by atoms with Gasteiger partial charge in [0.25, 0.3) is 5.91 Å². The number of amides is 2. The fourth-order valence-electron chi connectivity index (χ4n) is 2.37. The van der Waals surface area contributed by atoms with E-state index in [-0.39, 0.29) is 16.4 Å². The van der Waals surface area contributed by atoms with Crippen LogP contribution < -0.4 is 10.6 Å². The second-order valence-corrected chi connectivity index (χ2v) is 7.81. The van der Waals surface area contributed by atoms with Crippen LogP contribution in [0.15, 0.2) is 29.2 Å². The lowest BCUT2D eigenvalue weighted by Crippen LogP contribution is -2.46. The summed E-state index contributed by atoms with van der Waals surface area (Å²) < 4.78 is 31.0. The second-order valence-electron chi connectivity index (χ2n) is 5.87. The highest BCUT2D eigenvalue weighted by Crippen LogP contribution is 2.16. The summed E-state index contributed by atoms with van der Waals surface area (Å²) in [5, 5.41) is 4.97. The Hall–Kier alpha value is -2.46. The SMILES string of the molecule is CCNC(=O)[C@@H](C)NC(=O)COC(=O)c1ccc(S(=O)(=O)N(CC)CC)cc1. The number of rotatable bonds is 10. The number of sulfonamides is 1. The number of carbonyl (C=O) groups is 3. The van der Waals surface area contributed by atoms with E-state index >= 15 is 0 Å². The molecule has 0 unspecified atom stereocenters. The first-order valence-corrected chi connectivity index (χ1v) is 10.5. The van der Waals surface area contributed by atoms with Gasteiger partial charge in [-0.1, -0.05) is 13.8 Å². The quantitative estimate of drug-likeness (QED) is 0.539.